The number of hydrogen-bond acceptors (Lipinski definition) is 2. The summed E-state index contributed by atoms with van der Waals surface area (Å²) in [6, 6.07) is 15.5. The van der Waals surface area contributed by atoms with Crippen LogP contribution in [0.25, 0.3) is 10.8 Å². The maximum atomic E-state index is 4.83. The van der Waals surface area contributed by atoms with Gasteiger partial charge in [0.1, 0.15) is 11.4 Å². The third-order valence-electron chi connectivity index (χ3n) is 5.36. The van der Waals surface area contributed by atoms with Gasteiger partial charge < -0.3 is 4.90 Å². The van der Waals surface area contributed by atoms with Crippen molar-refractivity contribution in [3.05, 3.63) is 48.0 Å². The minimum atomic E-state index is -0.0272. The molecular formula is C20H26N2. The maximum Gasteiger partial charge on any atom is 0.129 e. The fraction of sp³-hybridized carbons (Fsp3) is 0.450. The molecule has 3 rings (SSSR count). The van der Waals surface area contributed by atoms with Crippen LogP contribution in [0, 0.1) is 5.41 Å². The van der Waals surface area contributed by atoms with Gasteiger partial charge in [-0.1, -0.05) is 63.2 Å². The topological polar surface area (TPSA) is 15.6 Å². The molecular weight excluding hydrogens is 268 g/mol. The largest absolute Gasteiger partial charge is 0.355 e. The summed E-state index contributed by atoms with van der Waals surface area (Å²) in [5.41, 5.74) is 1.50. The van der Waals surface area contributed by atoms with E-state index in [4.69, 9.17) is 4.99 Å². The highest BCUT2D eigenvalue weighted by Crippen LogP contribution is 2.46. The minimum absolute atomic E-state index is 0.0272. The maximum absolute atomic E-state index is 4.83. The van der Waals surface area contributed by atoms with Crippen LogP contribution in [-0.2, 0) is 0 Å². The van der Waals surface area contributed by atoms with Crippen LogP contribution in [-0.4, -0.2) is 23.3 Å². The van der Waals surface area contributed by atoms with Gasteiger partial charge in [0.2, 0.25) is 0 Å². The second kappa shape index (κ2) is 4.84. The first-order chi connectivity index (χ1) is 10.3. The quantitative estimate of drug-likeness (QED) is 0.756. The number of benzene rings is 2. The molecule has 0 saturated carbocycles. The molecule has 1 aliphatic rings. The van der Waals surface area contributed by atoms with Gasteiger partial charge >= 0.3 is 0 Å². The molecule has 0 aromatic heterocycles. The van der Waals surface area contributed by atoms with E-state index in [9.17, 15) is 0 Å². The predicted molar refractivity (Wildman–Crippen MR) is 95.4 cm³/mol. The van der Waals surface area contributed by atoms with Gasteiger partial charge in [0, 0.05) is 7.05 Å². The van der Waals surface area contributed by atoms with Gasteiger partial charge in [-0.15, -0.1) is 0 Å². The summed E-state index contributed by atoms with van der Waals surface area (Å²) in [7, 11) is 2.17. The molecule has 22 heavy (non-hydrogen) atoms. The lowest BCUT2D eigenvalue weighted by molar-refractivity contribution is 0.304. The molecule has 0 spiro atoms. The summed E-state index contributed by atoms with van der Waals surface area (Å²) in [4.78, 5) is 7.17. The second-order valence-corrected chi connectivity index (χ2v) is 7.61. The van der Waals surface area contributed by atoms with Crippen molar-refractivity contribution in [3.8, 4) is 0 Å². The number of fused-ring (bicyclic) bond motifs is 1. The molecule has 1 heterocycles. The molecule has 0 N–H and O–H groups in total. The van der Waals surface area contributed by atoms with Crippen LogP contribution >= 0.6 is 0 Å². The van der Waals surface area contributed by atoms with E-state index in [1.54, 1.807) is 0 Å². The molecule has 2 aromatic rings. The van der Waals surface area contributed by atoms with Gasteiger partial charge in [-0.3, -0.25) is 4.99 Å². The third-order valence-corrected chi connectivity index (χ3v) is 5.36. The monoisotopic (exact) mass is 294 g/mol. The number of rotatable bonds is 2. The Hall–Kier alpha value is -1.83. The number of likely N-dealkylation sites (N-methyl/N-ethyl adjacent to an activating group) is 1. The first-order valence-electron chi connectivity index (χ1n) is 8.06. The molecule has 0 saturated heterocycles. The molecule has 0 radical (unpaired) electrons. The summed E-state index contributed by atoms with van der Waals surface area (Å²) >= 11 is 0. The van der Waals surface area contributed by atoms with Crippen LogP contribution < -0.4 is 0 Å². The Kier molecular flexibility index (Phi) is 3.32. The van der Waals surface area contributed by atoms with Crippen molar-refractivity contribution >= 4 is 16.6 Å². The van der Waals surface area contributed by atoms with Crippen molar-refractivity contribution in [2.75, 3.05) is 7.05 Å². The Balaban J connectivity index is 1.91. The summed E-state index contributed by atoms with van der Waals surface area (Å²) in [6.07, 6.45) is 0. The van der Waals surface area contributed by atoms with Gasteiger partial charge in [-0.2, -0.15) is 0 Å². The molecule has 0 amide bonds. The van der Waals surface area contributed by atoms with Gasteiger partial charge in [-0.05, 0) is 35.6 Å². The summed E-state index contributed by atoms with van der Waals surface area (Å²) in [6.45, 7) is 11.3. The highest BCUT2D eigenvalue weighted by molar-refractivity contribution is 6.04. The zero-order valence-electron chi connectivity index (χ0n) is 14.5. The van der Waals surface area contributed by atoms with E-state index in [1.807, 2.05) is 0 Å². The Morgan fingerprint density at radius 2 is 1.68 bits per heavy atom. The standard InChI is InChI=1S/C20H26N2/c1-14(22(6)18-20(5,21-18)19(2,3)4)16-13-9-11-15-10-7-8-12-17(15)16/h7-14H,1-6H3/t14-,20+/m1/s1. The van der Waals surface area contributed by atoms with Crippen LogP contribution in [0.1, 0.15) is 46.2 Å². The van der Waals surface area contributed by atoms with Gasteiger partial charge in [0.05, 0.1) is 6.04 Å². The van der Waals surface area contributed by atoms with E-state index in [0.29, 0.717) is 6.04 Å². The molecule has 2 atom stereocenters. The van der Waals surface area contributed by atoms with Crippen molar-refractivity contribution < 1.29 is 0 Å². The molecule has 116 valence electrons. The van der Waals surface area contributed by atoms with E-state index >= 15 is 0 Å². The van der Waals surface area contributed by atoms with Gasteiger partial charge in [0.15, 0.2) is 0 Å². The lowest BCUT2D eigenvalue weighted by Gasteiger charge is -2.32. The van der Waals surface area contributed by atoms with Gasteiger partial charge in [-0.25, -0.2) is 0 Å². The van der Waals surface area contributed by atoms with Gasteiger partial charge in [0.25, 0.3) is 0 Å². The molecule has 1 aliphatic heterocycles. The van der Waals surface area contributed by atoms with E-state index in [0.717, 1.165) is 0 Å². The third kappa shape index (κ3) is 2.22. The van der Waals surface area contributed by atoms with E-state index in [1.165, 1.54) is 22.2 Å². The fourth-order valence-electron chi connectivity index (χ4n) is 3.12. The highest BCUT2D eigenvalue weighted by Gasteiger charge is 2.54. The Labute approximate surface area is 133 Å². The van der Waals surface area contributed by atoms with Crippen molar-refractivity contribution in [3.63, 3.8) is 0 Å². The average molecular weight is 294 g/mol. The van der Waals surface area contributed by atoms with Crippen molar-refractivity contribution in [2.24, 2.45) is 10.4 Å². The summed E-state index contributed by atoms with van der Waals surface area (Å²) in [5, 5.41) is 2.64. The molecule has 2 aromatic carbocycles. The average Bonchev–Trinajstić information content (AvgIpc) is 3.18. The molecule has 0 unspecified atom stereocenters. The van der Waals surface area contributed by atoms with Crippen LogP contribution in [0.4, 0.5) is 0 Å². The zero-order chi connectivity index (χ0) is 16.1. The zero-order valence-corrected chi connectivity index (χ0v) is 14.5. The van der Waals surface area contributed by atoms with Crippen LogP contribution in [0.5, 0.6) is 0 Å². The Morgan fingerprint density at radius 1 is 1.05 bits per heavy atom. The van der Waals surface area contributed by atoms with E-state index in [2.05, 4.69) is 89.0 Å². The lowest BCUT2D eigenvalue weighted by atomic mass is 9.79. The molecule has 0 fully saturated rings. The van der Waals surface area contributed by atoms with Crippen molar-refractivity contribution in [2.45, 2.75) is 46.2 Å². The Morgan fingerprint density at radius 3 is 2.32 bits per heavy atom. The number of amidine groups is 1. The van der Waals surface area contributed by atoms with Crippen molar-refractivity contribution in [1.82, 2.24) is 4.90 Å². The first kappa shape index (κ1) is 15.1. The predicted octanol–water partition coefficient (Wildman–Crippen LogP) is 5.05. The smallest absolute Gasteiger partial charge is 0.129 e. The van der Waals surface area contributed by atoms with E-state index < -0.39 is 0 Å². The van der Waals surface area contributed by atoms with E-state index in [-0.39, 0.29) is 11.0 Å². The van der Waals surface area contributed by atoms with Crippen molar-refractivity contribution in [1.29, 1.82) is 0 Å². The molecule has 2 heteroatoms. The molecule has 0 aliphatic carbocycles. The minimum Gasteiger partial charge on any atom is -0.355 e. The molecule has 0 bridgehead atoms. The fourth-order valence-corrected chi connectivity index (χ4v) is 3.12. The highest BCUT2D eigenvalue weighted by atomic mass is 15.3. The van der Waals surface area contributed by atoms with Crippen LogP contribution in [0.3, 0.4) is 0 Å². The normalized spacial score (nSPS) is 22.4. The number of hydrogen-bond donors (Lipinski definition) is 0. The SMILES string of the molecule is C[C@H](c1cccc2ccccc12)N(C)C1=N[C@]1(C)C(C)(C)C. The molecule has 2 nitrogen and oxygen atoms in total. The number of aliphatic imine (C=N–C) groups is 1. The Bertz CT molecular complexity index is 733. The van der Waals surface area contributed by atoms with Crippen LogP contribution in [0.15, 0.2) is 47.5 Å². The van der Waals surface area contributed by atoms with Crippen LogP contribution in [0.2, 0.25) is 0 Å². The number of nitrogens with zero attached hydrogens (tertiary/aromatic N) is 2. The summed E-state index contributed by atoms with van der Waals surface area (Å²) in [5.74, 6) is 1.22. The first-order valence-corrected chi connectivity index (χ1v) is 8.06. The summed E-state index contributed by atoms with van der Waals surface area (Å²) < 4.78 is 0. The lowest BCUT2D eigenvalue weighted by Crippen LogP contribution is -2.39. The second-order valence-electron chi connectivity index (χ2n) is 7.61.